The highest BCUT2D eigenvalue weighted by molar-refractivity contribution is 6.05. The lowest BCUT2D eigenvalue weighted by Crippen LogP contribution is -2.34. The molecule has 0 radical (unpaired) electrons. The second-order valence-corrected chi connectivity index (χ2v) is 7.77. The Morgan fingerprint density at radius 3 is 2.85 bits per heavy atom. The van der Waals surface area contributed by atoms with Gasteiger partial charge in [0.2, 0.25) is 0 Å². The van der Waals surface area contributed by atoms with E-state index in [1.807, 2.05) is 31.3 Å². The summed E-state index contributed by atoms with van der Waals surface area (Å²) in [4.78, 5) is 19.5. The molecule has 0 spiro atoms. The van der Waals surface area contributed by atoms with Gasteiger partial charge >= 0.3 is 0 Å². The lowest BCUT2D eigenvalue weighted by atomic mass is 9.98. The second-order valence-electron chi connectivity index (χ2n) is 7.77. The molecule has 0 aliphatic carbocycles. The van der Waals surface area contributed by atoms with Crippen LogP contribution < -0.4 is 10.2 Å². The average Bonchev–Trinajstić information content (AvgIpc) is 2.63. The van der Waals surface area contributed by atoms with Crippen LogP contribution in [-0.4, -0.2) is 24.0 Å². The van der Waals surface area contributed by atoms with Crippen LogP contribution in [0.25, 0.3) is 0 Å². The molecule has 1 N–H and O–H groups in total. The molecule has 138 valence electrons. The number of aromatic nitrogens is 1. The number of benzene rings is 1. The minimum Gasteiger partial charge on any atom is -0.370 e. The summed E-state index contributed by atoms with van der Waals surface area (Å²) >= 11 is 0. The first-order valence-corrected chi connectivity index (χ1v) is 9.56. The van der Waals surface area contributed by atoms with Gasteiger partial charge in [0.25, 0.3) is 5.91 Å². The van der Waals surface area contributed by atoms with Gasteiger partial charge < -0.3 is 10.2 Å². The van der Waals surface area contributed by atoms with Gasteiger partial charge in [0.1, 0.15) is 0 Å². The first kappa shape index (κ1) is 18.4. The Bertz CT molecular complexity index is 785. The third-order valence-corrected chi connectivity index (χ3v) is 5.17. The number of hydrogen-bond acceptors (Lipinski definition) is 3. The number of anilines is 2. The first-order chi connectivity index (χ1) is 12.5. The Morgan fingerprint density at radius 1 is 1.31 bits per heavy atom. The maximum absolute atomic E-state index is 12.9. The van der Waals surface area contributed by atoms with Gasteiger partial charge in [0.15, 0.2) is 0 Å². The molecule has 26 heavy (non-hydrogen) atoms. The molecule has 4 heteroatoms. The standard InChI is InChI=1S/C22H29N3O/c1-15(2)20-9-5-8-17(4)21(20)24-22(26)18-11-19(13-23-12-18)25-10-6-7-16(3)14-25/h5,8-9,11-13,15-16H,6-7,10,14H2,1-4H3,(H,24,26). The number of para-hydroxylation sites is 1. The van der Waals surface area contributed by atoms with Gasteiger partial charge in [-0.3, -0.25) is 9.78 Å². The van der Waals surface area contributed by atoms with Crippen LogP contribution in [0.4, 0.5) is 11.4 Å². The summed E-state index contributed by atoms with van der Waals surface area (Å²) in [6, 6.07) is 8.12. The van der Waals surface area contributed by atoms with Crippen LogP contribution in [0.2, 0.25) is 0 Å². The largest absolute Gasteiger partial charge is 0.370 e. The van der Waals surface area contributed by atoms with Crippen molar-refractivity contribution in [2.24, 2.45) is 5.92 Å². The van der Waals surface area contributed by atoms with Crippen molar-refractivity contribution in [2.45, 2.75) is 46.5 Å². The fraction of sp³-hybridized carbons (Fsp3) is 0.455. The van der Waals surface area contributed by atoms with E-state index in [4.69, 9.17) is 0 Å². The van der Waals surface area contributed by atoms with Gasteiger partial charge in [-0.1, -0.05) is 39.0 Å². The molecule has 1 aliphatic rings. The van der Waals surface area contributed by atoms with Crippen LogP contribution in [0.1, 0.15) is 61.0 Å². The Hall–Kier alpha value is -2.36. The maximum Gasteiger partial charge on any atom is 0.257 e. The van der Waals surface area contributed by atoms with E-state index in [1.165, 1.54) is 12.8 Å². The number of aryl methyl sites for hydroxylation is 1. The lowest BCUT2D eigenvalue weighted by molar-refractivity contribution is 0.102. The quantitative estimate of drug-likeness (QED) is 0.843. The Labute approximate surface area is 156 Å². The molecule has 0 saturated carbocycles. The van der Waals surface area contributed by atoms with E-state index in [9.17, 15) is 4.79 Å². The van der Waals surface area contributed by atoms with E-state index in [2.05, 4.69) is 42.0 Å². The highest BCUT2D eigenvalue weighted by Crippen LogP contribution is 2.28. The number of amides is 1. The highest BCUT2D eigenvalue weighted by Gasteiger charge is 2.19. The second kappa shape index (κ2) is 7.90. The number of nitrogens with zero attached hydrogens (tertiary/aromatic N) is 2. The molecule has 1 unspecified atom stereocenters. The van der Waals surface area contributed by atoms with E-state index < -0.39 is 0 Å². The third-order valence-electron chi connectivity index (χ3n) is 5.17. The number of carbonyl (C=O) groups excluding carboxylic acids is 1. The zero-order valence-corrected chi connectivity index (χ0v) is 16.2. The summed E-state index contributed by atoms with van der Waals surface area (Å²) in [5.41, 5.74) is 4.81. The summed E-state index contributed by atoms with van der Waals surface area (Å²) in [7, 11) is 0. The molecule has 1 amide bonds. The van der Waals surface area contributed by atoms with Crippen molar-refractivity contribution in [1.29, 1.82) is 0 Å². The smallest absolute Gasteiger partial charge is 0.257 e. The van der Waals surface area contributed by atoms with Crippen molar-refractivity contribution in [1.82, 2.24) is 4.98 Å². The summed E-state index contributed by atoms with van der Waals surface area (Å²) < 4.78 is 0. The number of hydrogen-bond donors (Lipinski definition) is 1. The van der Waals surface area contributed by atoms with Crippen molar-refractivity contribution < 1.29 is 4.79 Å². The predicted molar refractivity (Wildman–Crippen MR) is 108 cm³/mol. The molecule has 1 aliphatic heterocycles. The van der Waals surface area contributed by atoms with E-state index >= 15 is 0 Å². The van der Waals surface area contributed by atoms with Crippen LogP contribution >= 0.6 is 0 Å². The zero-order valence-electron chi connectivity index (χ0n) is 16.2. The lowest BCUT2D eigenvalue weighted by Gasteiger charge is -2.32. The molecular weight excluding hydrogens is 322 g/mol. The molecule has 1 atom stereocenters. The average molecular weight is 351 g/mol. The third kappa shape index (κ3) is 4.06. The molecule has 1 aromatic heterocycles. The van der Waals surface area contributed by atoms with E-state index in [-0.39, 0.29) is 5.91 Å². The van der Waals surface area contributed by atoms with E-state index in [0.29, 0.717) is 17.4 Å². The Morgan fingerprint density at radius 2 is 2.12 bits per heavy atom. The number of piperidine rings is 1. The summed E-state index contributed by atoms with van der Waals surface area (Å²) in [6.45, 7) is 10.7. The van der Waals surface area contributed by atoms with Gasteiger partial charge in [-0.05, 0) is 48.8 Å². The number of rotatable bonds is 4. The summed E-state index contributed by atoms with van der Waals surface area (Å²) in [5.74, 6) is 0.937. The number of carbonyl (C=O) groups is 1. The van der Waals surface area contributed by atoms with Crippen LogP contribution in [0, 0.1) is 12.8 Å². The van der Waals surface area contributed by atoms with Crippen molar-refractivity contribution >= 4 is 17.3 Å². The topological polar surface area (TPSA) is 45.2 Å². The SMILES string of the molecule is Cc1cccc(C(C)C)c1NC(=O)c1cncc(N2CCCC(C)C2)c1. The molecule has 1 fully saturated rings. The van der Waals surface area contributed by atoms with E-state index in [1.54, 1.807) is 6.20 Å². The zero-order chi connectivity index (χ0) is 18.7. The minimum absolute atomic E-state index is 0.0967. The molecular formula is C22H29N3O. The van der Waals surface area contributed by atoms with Gasteiger partial charge in [-0.2, -0.15) is 0 Å². The Kier molecular flexibility index (Phi) is 5.60. The van der Waals surface area contributed by atoms with Crippen LogP contribution in [0.15, 0.2) is 36.7 Å². The van der Waals surface area contributed by atoms with Crippen LogP contribution in [0.3, 0.4) is 0 Å². The van der Waals surface area contributed by atoms with Gasteiger partial charge in [0.05, 0.1) is 17.4 Å². The number of pyridine rings is 1. The first-order valence-electron chi connectivity index (χ1n) is 9.56. The monoisotopic (exact) mass is 351 g/mol. The Balaban J connectivity index is 1.82. The minimum atomic E-state index is -0.0967. The molecule has 4 nitrogen and oxygen atoms in total. The normalized spacial score (nSPS) is 17.4. The van der Waals surface area contributed by atoms with Gasteiger partial charge in [-0.15, -0.1) is 0 Å². The maximum atomic E-state index is 12.9. The fourth-order valence-corrected chi connectivity index (χ4v) is 3.68. The predicted octanol–water partition coefficient (Wildman–Crippen LogP) is 5.00. The molecule has 1 aromatic carbocycles. The van der Waals surface area contributed by atoms with Crippen LogP contribution in [-0.2, 0) is 0 Å². The van der Waals surface area contributed by atoms with Crippen LogP contribution in [0.5, 0.6) is 0 Å². The van der Waals surface area contributed by atoms with Crippen molar-refractivity contribution in [3.63, 3.8) is 0 Å². The molecule has 3 rings (SSSR count). The molecule has 1 saturated heterocycles. The molecule has 2 heterocycles. The highest BCUT2D eigenvalue weighted by atomic mass is 16.1. The summed E-state index contributed by atoms with van der Waals surface area (Å²) in [6.07, 6.45) is 5.98. The van der Waals surface area contributed by atoms with Gasteiger partial charge in [-0.25, -0.2) is 0 Å². The van der Waals surface area contributed by atoms with Crippen molar-refractivity contribution in [3.8, 4) is 0 Å². The summed E-state index contributed by atoms with van der Waals surface area (Å²) in [5, 5.41) is 3.12. The van der Waals surface area contributed by atoms with Gasteiger partial charge in [0, 0.05) is 25.0 Å². The van der Waals surface area contributed by atoms with E-state index in [0.717, 1.165) is 35.6 Å². The van der Waals surface area contributed by atoms with Crippen molar-refractivity contribution in [2.75, 3.05) is 23.3 Å². The van der Waals surface area contributed by atoms with Crippen molar-refractivity contribution in [3.05, 3.63) is 53.3 Å². The molecule has 0 bridgehead atoms. The number of nitrogens with one attached hydrogen (secondary N) is 1. The molecule has 2 aromatic rings. The fourth-order valence-electron chi connectivity index (χ4n) is 3.68.